The molecule has 1 aromatic heterocycles. The number of ether oxygens (including phenoxy) is 1. The fourth-order valence-electron chi connectivity index (χ4n) is 1.48. The van der Waals surface area contributed by atoms with E-state index in [9.17, 15) is 18.0 Å². The molecule has 0 spiro atoms. The zero-order chi connectivity index (χ0) is 14.2. The van der Waals surface area contributed by atoms with Crippen LogP contribution in [0.25, 0.3) is 10.9 Å². The number of benzene rings is 1. The highest BCUT2D eigenvalue weighted by molar-refractivity contribution is 6.37. The maximum absolute atomic E-state index is 13.6. The van der Waals surface area contributed by atoms with E-state index in [0.29, 0.717) is 6.07 Å². The number of rotatable bonds is 2. The molecule has 2 aromatic rings. The van der Waals surface area contributed by atoms with E-state index in [4.69, 9.17) is 11.6 Å². The first-order chi connectivity index (χ1) is 8.97. The standard InChI is InChI=1S/C11H6ClF3N2O2/c1-2-19-11(18)10-7(12)6-8(15)4(13)3-5(14)9(6)16-17-10/h3H,2H2,1H3. The summed E-state index contributed by atoms with van der Waals surface area (Å²) in [6, 6.07) is 0.326. The Morgan fingerprint density at radius 2 is 2.00 bits per heavy atom. The zero-order valence-corrected chi connectivity index (χ0v) is 10.3. The molecule has 4 nitrogen and oxygen atoms in total. The van der Waals surface area contributed by atoms with Gasteiger partial charge >= 0.3 is 5.97 Å². The Balaban J connectivity index is 2.77. The van der Waals surface area contributed by atoms with Crippen molar-refractivity contribution in [1.82, 2.24) is 10.2 Å². The number of hydrogen-bond donors (Lipinski definition) is 0. The van der Waals surface area contributed by atoms with Gasteiger partial charge in [-0.2, -0.15) is 0 Å². The van der Waals surface area contributed by atoms with Gasteiger partial charge in [-0.25, -0.2) is 18.0 Å². The molecule has 8 heteroatoms. The van der Waals surface area contributed by atoms with Gasteiger partial charge in [0.15, 0.2) is 23.1 Å². The maximum atomic E-state index is 13.6. The van der Waals surface area contributed by atoms with Gasteiger partial charge in [0.25, 0.3) is 0 Å². The van der Waals surface area contributed by atoms with Crippen LogP contribution in [0.2, 0.25) is 5.02 Å². The number of aromatic nitrogens is 2. The minimum absolute atomic E-state index is 0.0366. The van der Waals surface area contributed by atoms with Crippen LogP contribution in [-0.4, -0.2) is 22.8 Å². The number of carbonyl (C=O) groups excluding carboxylic acids is 1. The molecule has 0 saturated carbocycles. The van der Waals surface area contributed by atoms with Gasteiger partial charge in [-0.3, -0.25) is 0 Å². The zero-order valence-electron chi connectivity index (χ0n) is 9.51. The van der Waals surface area contributed by atoms with Crippen molar-refractivity contribution in [3.63, 3.8) is 0 Å². The highest BCUT2D eigenvalue weighted by Gasteiger charge is 2.23. The summed E-state index contributed by atoms with van der Waals surface area (Å²) in [4.78, 5) is 11.5. The van der Waals surface area contributed by atoms with E-state index in [1.54, 1.807) is 6.92 Å². The second-order valence-corrected chi connectivity index (χ2v) is 3.84. The molecule has 0 atom stereocenters. The average Bonchev–Trinajstić information content (AvgIpc) is 2.36. The van der Waals surface area contributed by atoms with Crippen LogP contribution >= 0.6 is 11.6 Å². The fraction of sp³-hybridized carbons (Fsp3) is 0.182. The summed E-state index contributed by atoms with van der Waals surface area (Å²) < 4.78 is 44.8. The van der Waals surface area contributed by atoms with Gasteiger partial charge in [-0.15, -0.1) is 10.2 Å². The number of hydrogen-bond acceptors (Lipinski definition) is 4. The molecule has 0 N–H and O–H groups in total. The van der Waals surface area contributed by atoms with Crippen molar-refractivity contribution in [3.8, 4) is 0 Å². The van der Waals surface area contributed by atoms with Crippen LogP contribution in [-0.2, 0) is 4.74 Å². The number of nitrogens with zero attached hydrogens (tertiary/aromatic N) is 2. The Bertz CT molecular complexity index is 679. The predicted molar refractivity (Wildman–Crippen MR) is 60.4 cm³/mol. The van der Waals surface area contributed by atoms with Crippen LogP contribution in [0, 0.1) is 17.5 Å². The summed E-state index contributed by atoms with van der Waals surface area (Å²) in [6.07, 6.45) is 0. The van der Waals surface area contributed by atoms with Gasteiger partial charge in [-0.1, -0.05) is 11.6 Å². The van der Waals surface area contributed by atoms with Crippen LogP contribution in [0.1, 0.15) is 17.4 Å². The number of esters is 1. The average molecular weight is 291 g/mol. The molecular formula is C11H6ClF3N2O2. The van der Waals surface area contributed by atoms with E-state index in [-0.39, 0.29) is 6.61 Å². The van der Waals surface area contributed by atoms with Crippen molar-refractivity contribution in [2.24, 2.45) is 0 Å². The van der Waals surface area contributed by atoms with E-state index >= 15 is 0 Å². The van der Waals surface area contributed by atoms with Crippen LogP contribution in [0.5, 0.6) is 0 Å². The lowest BCUT2D eigenvalue weighted by molar-refractivity contribution is 0.0518. The molecule has 0 aliphatic carbocycles. The predicted octanol–water partition coefficient (Wildman–Crippen LogP) is 2.88. The summed E-state index contributed by atoms with van der Waals surface area (Å²) in [5, 5.41) is 5.52. The highest BCUT2D eigenvalue weighted by atomic mass is 35.5. The monoisotopic (exact) mass is 290 g/mol. The van der Waals surface area contributed by atoms with Gasteiger partial charge in [0.05, 0.1) is 17.0 Å². The van der Waals surface area contributed by atoms with E-state index in [2.05, 4.69) is 14.9 Å². The van der Waals surface area contributed by atoms with Crippen LogP contribution in [0.15, 0.2) is 6.07 Å². The third kappa shape index (κ3) is 2.21. The van der Waals surface area contributed by atoms with Crippen LogP contribution in [0.3, 0.4) is 0 Å². The molecule has 0 amide bonds. The molecule has 1 aromatic carbocycles. The van der Waals surface area contributed by atoms with E-state index in [0.717, 1.165) is 0 Å². The van der Waals surface area contributed by atoms with E-state index in [1.165, 1.54) is 0 Å². The molecule has 19 heavy (non-hydrogen) atoms. The smallest absolute Gasteiger partial charge is 0.360 e. The van der Waals surface area contributed by atoms with Crippen molar-refractivity contribution in [1.29, 1.82) is 0 Å². The third-order valence-corrected chi connectivity index (χ3v) is 2.66. The van der Waals surface area contributed by atoms with Crippen molar-refractivity contribution >= 4 is 28.5 Å². The summed E-state index contributed by atoms with van der Waals surface area (Å²) in [7, 11) is 0. The first-order valence-corrected chi connectivity index (χ1v) is 5.51. The van der Waals surface area contributed by atoms with Gasteiger partial charge in [0.2, 0.25) is 0 Å². The summed E-state index contributed by atoms with van der Waals surface area (Å²) in [6.45, 7) is 1.58. The highest BCUT2D eigenvalue weighted by Crippen LogP contribution is 2.30. The van der Waals surface area contributed by atoms with Crippen molar-refractivity contribution in [2.75, 3.05) is 6.61 Å². The minimum Gasteiger partial charge on any atom is -0.461 e. The second-order valence-electron chi connectivity index (χ2n) is 3.46. The number of halogens is 4. The van der Waals surface area contributed by atoms with E-state index < -0.39 is 45.0 Å². The minimum atomic E-state index is -1.44. The lowest BCUT2D eigenvalue weighted by atomic mass is 10.2. The fourth-order valence-corrected chi connectivity index (χ4v) is 1.76. The van der Waals surface area contributed by atoms with Gasteiger partial charge in [0, 0.05) is 6.07 Å². The molecule has 0 aliphatic rings. The Morgan fingerprint density at radius 1 is 1.32 bits per heavy atom. The maximum Gasteiger partial charge on any atom is 0.360 e. The van der Waals surface area contributed by atoms with Crippen LogP contribution < -0.4 is 0 Å². The van der Waals surface area contributed by atoms with Gasteiger partial charge in [0.1, 0.15) is 5.52 Å². The molecule has 2 rings (SSSR count). The molecule has 1 heterocycles. The van der Waals surface area contributed by atoms with Crippen molar-refractivity contribution in [2.45, 2.75) is 6.92 Å². The van der Waals surface area contributed by atoms with Crippen LogP contribution in [0.4, 0.5) is 13.2 Å². The Kier molecular flexibility index (Phi) is 3.57. The topological polar surface area (TPSA) is 52.1 Å². The normalized spacial score (nSPS) is 10.8. The molecule has 0 aliphatic heterocycles. The number of carbonyl (C=O) groups is 1. The molecular weight excluding hydrogens is 285 g/mol. The largest absolute Gasteiger partial charge is 0.461 e. The Labute approximate surface area is 110 Å². The Hall–Kier alpha value is -1.89. The molecule has 0 bridgehead atoms. The van der Waals surface area contributed by atoms with Gasteiger partial charge in [-0.05, 0) is 6.92 Å². The van der Waals surface area contributed by atoms with Gasteiger partial charge < -0.3 is 4.74 Å². The first kappa shape index (κ1) is 13.5. The third-order valence-electron chi connectivity index (χ3n) is 2.29. The second kappa shape index (κ2) is 5.00. The van der Waals surface area contributed by atoms with Crippen molar-refractivity contribution in [3.05, 3.63) is 34.2 Å². The Morgan fingerprint density at radius 3 is 2.63 bits per heavy atom. The molecule has 0 fully saturated rings. The molecule has 0 radical (unpaired) electrons. The molecule has 100 valence electrons. The summed E-state index contributed by atoms with van der Waals surface area (Å²) in [5.74, 6) is -4.92. The first-order valence-electron chi connectivity index (χ1n) is 5.13. The summed E-state index contributed by atoms with van der Waals surface area (Å²) in [5.41, 5.74) is -1.06. The van der Waals surface area contributed by atoms with Crippen molar-refractivity contribution < 1.29 is 22.7 Å². The quantitative estimate of drug-likeness (QED) is 0.630. The molecule has 0 saturated heterocycles. The SMILES string of the molecule is CCOC(=O)c1nnc2c(F)cc(F)c(F)c2c1Cl. The lowest BCUT2D eigenvalue weighted by Gasteiger charge is -2.07. The lowest BCUT2D eigenvalue weighted by Crippen LogP contribution is -2.10. The summed E-state index contributed by atoms with van der Waals surface area (Å²) >= 11 is 5.74. The van der Waals surface area contributed by atoms with E-state index in [1.807, 2.05) is 0 Å². The number of fused-ring (bicyclic) bond motifs is 1. The molecule has 0 unspecified atom stereocenters.